The lowest BCUT2D eigenvalue weighted by Gasteiger charge is -2.09. The first-order chi connectivity index (χ1) is 11.1. The van der Waals surface area contributed by atoms with E-state index < -0.39 is 11.8 Å². The highest BCUT2D eigenvalue weighted by molar-refractivity contribution is 5.88. The van der Waals surface area contributed by atoms with Crippen LogP contribution >= 0.6 is 0 Å². The molecule has 6 nitrogen and oxygen atoms in total. The third-order valence-electron chi connectivity index (χ3n) is 4.12. The topological polar surface area (TPSA) is 113 Å². The van der Waals surface area contributed by atoms with Gasteiger partial charge in [-0.05, 0) is 47.2 Å². The first-order valence-electron chi connectivity index (χ1n) is 7.60. The van der Waals surface area contributed by atoms with Crippen molar-refractivity contribution in [2.75, 3.05) is 7.05 Å². The Balaban J connectivity index is -0.000000340. The van der Waals surface area contributed by atoms with Crippen molar-refractivity contribution in [1.29, 1.82) is 10.5 Å². The molecule has 1 aromatic heterocycles. The van der Waals surface area contributed by atoms with Gasteiger partial charge in [-0.15, -0.1) is 0 Å². The summed E-state index contributed by atoms with van der Waals surface area (Å²) in [6, 6.07) is 4.02. The zero-order valence-corrected chi connectivity index (χ0v) is 15.9. The smallest absolute Gasteiger partial charge is 0.147 e. The number of nitriles is 2. The monoisotopic (exact) mass is 348 g/mol. The summed E-state index contributed by atoms with van der Waals surface area (Å²) in [4.78, 5) is 21.5. The molecule has 0 radical (unpaired) electrons. The zero-order valence-electron chi connectivity index (χ0n) is 15.9. The molecule has 1 rings (SSSR count). The normalized spacial score (nSPS) is 11.0. The molecule has 6 heteroatoms. The molecule has 25 heavy (non-hydrogen) atoms. The van der Waals surface area contributed by atoms with Crippen molar-refractivity contribution in [3.8, 4) is 12.1 Å². The number of carbonyl (C=O) groups excluding carboxylic acids is 2. The molecule has 0 amide bonds. The van der Waals surface area contributed by atoms with Gasteiger partial charge in [-0.1, -0.05) is 14.4 Å². The predicted octanol–water partition coefficient (Wildman–Crippen LogP) is 2.97. The van der Waals surface area contributed by atoms with Gasteiger partial charge in [0.2, 0.25) is 0 Å². The van der Waals surface area contributed by atoms with Crippen LogP contribution in [0.4, 0.5) is 0 Å². The average Bonchev–Trinajstić information content (AvgIpc) is 2.73. The van der Waals surface area contributed by atoms with Crippen LogP contribution in [-0.2, 0) is 16.6 Å². The first kappa shape index (κ1) is 27.4. The van der Waals surface area contributed by atoms with Gasteiger partial charge in [0, 0.05) is 24.4 Å². The second-order valence-electron chi connectivity index (χ2n) is 5.46. The molecule has 2 atom stereocenters. The average molecular weight is 348 g/mol. The van der Waals surface area contributed by atoms with Gasteiger partial charge in [-0.3, -0.25) is 9.59 Å². The second kappa shape index (κ2) is 12.9. The molecule has 0 aromatic carbocycles. The maximum absolute atomic E-state index is 10.7. The zero-order chi connectivity index (χ0) is 19.6. The summed E-state index contributed by atoms with van der Waals surface area (Å²) in [5.41, 5.74) is 8.67. The third kappa shape index (κ3) is 7.32. The molecule has 0 saturated carbocycles. The van der Waals surface area contributed by atoms with E-state index >= 15 is 0 Å². The van der Waals surface area contributed by atoms with Crippen LogP contribution in [0.3, 0.4) is 0 Å². The van der Waals surface area contributed by atoms with Crippen molar-refractivity contribution >= 4 is 11.6 Å². The van der Waals surface area contributed by atoms with Crippen molar-refractivity contribution in [3.05, 3.63) is 22.5 Å². The largest absolute Gasteiger partial charge is 0.351 e. The minimum Gasteiger partial charge on any atom is -0.351 e. The number of ketones is 2. The Morgan fingerprint density at radius 2 is 1.48 bits per heavy atom. The molecule has 0 aliphatic rings. The molecule has 0 saturated heterocycles. The maximum Gasteiger partial charge on any atom is 0.147 e. The predicted molar refractivity (Wildman–Crippen MR) is 101 cm³/mol. The number of aromatic nitrogens is 1. The highest BCUT2D eigenvalue weighted by Gasteiger charge is 2.24. The lowest BCUT2D eigenvalue weighted by Crippen LogP contribution is -2.23. The molecule has 0 spiro atoms. The number of hydrogen-bond donors (Lipinski definition) is 1. The Labute approximate surface area is 152 Å². The van der Waals surface area contributed by atoms with Crippen LogP contribution in [0.15, 0.2) is 0 Å². The molecule has 2 N–H and O–H groups in total. The van der Waals surface area contributed by atoms with Crippen LogP contribution in [0.5, 0.6) is 0 Å². The second-order valence-corrected chi connectivity index (χ2v) is 5.46. The van der Waals surface area contributed by atoms with Crippen molar-refractivity contribution in [2.24, 2.45) is 24.6 Å². The lowest BCUT2D eigenvalue weighted by atomic mass is 9.89. The number of Topliss-reactive ketones (excluding diaryl/α,β-unsaturated/α-hetero) is 2. The molecule has 0 bridgehead atoms. The number of hydrogen-bond acceptors (Lipinski definition) is 5. The fourth-order valence-electron chi connectivity index (χ4n) is 2.08. The summed E-state index contributed by atoms with van der Waals surface area (Å²) < 4.78 is 2.05. The van der Waals surface area contributed by atoms with Crippen LogP contribution in [-0.4, -0.2) is 23.2 Å². The molecule has 2 unspecified atom stereocenters. The highest BCUT2D eigenvalue weighted by Crippen LogP contribution is 2.18. The fourth-order valence-corrected chi connectivity index (χ4v) is 2.08. The number of rotatable bonds is 3. The van der Waals surface area contributed by atoms with Gasteiger partial charge in [0.1, 0.15) is 23.6 Å². The molecule has 0 aliphatic carbocycles. The lowest BCUT2D eigenvalue weighted by molar-refractivity contribution is -0.127. The molecular weight excluding hydrogens is 316 g/mol. The van der Waals surface area contributed by atoms with Crippen LogP contribution in [0.2, 0.25) is 0 Å². The first-order valence-corrected chi connectivity index (χ1v) is 7.60. The van der Waals surface area contributed by atoms with E-state index in [0.29, 0.717) is 0 Å². The number of carbonyl (C=O) groups is 2. The SMILES string of the molecule is C.CC(=O)C(C)C(C#N)C(C)=O.CN.Cc1c(C#N)c(C)n(C)c1C. The molecule has 140 valence electrons. The van der Waals surface area contributed by atoms with E-state index in [1.165, 1.54) is 26.6 Å². The third-order valence-corrected chi connectivity index (χ3v) is 4.12. The standard InChI is InChI=1S/C9H12N2.C8H11NO2.CH5N.CH4/c1-6-7(2)11(4)8(3)9(6)5-10;1-5(6(2)10)8(4-9)7(3)11;1-2;/h1-4H3;5,8H,1-3H3;2H2,1H3;1H4. The van der Waals surface area contributed by atoms with Gasteiger partial charge >= 0.3 is 0 Å². The quantitative estimate of drug-likeness (QED) is 0.902. The van der Waals surface area contributed by atoms with E-state index in [2.05, 4.69) is 11.8 Å². The Bertz CT molecular complexity index is 635. The Hall–Kier alpha value is -2.44. The van der Waals surface area contributed by atoms with Crippen molar-refractivity contribution in [3.63, 3.8) is 0 Å². The summed E-state index contributed by atoms with van der Waals surface area (Å²) in [7, 11) is 3.48. The van der Waals surface area contributed by atoms with Crippen LogP contribution in [0.1, 0.15) is 50.7 Å². The van der Waals surface area contributed by atoms with Gasteiger partial charge in [0.05, 0.1) is 11.6 Å². The van der Waals surface area contributed by atoms with Crippen LogP contribution in [0.25, 0.3) is 0 Å². The van der Waals surface area contributed by atoms with Crippen molar-refractivity contribution < 1.29 is 9.59 Å². The summed E-state index contributed by atoms with van der Waals surface area (Å²) in [5, 5.41) is 17.3. The van der Waals surface area contributed by atoms with E-state index in [1.54, 1.807) is 6.92 Å². The molecule has 0 fully saturated rings. The van der Waals surface area contributed by atoms with E-state index in [-0.39, 0.29) is 19.0 Å². The maximum atomic E-state index is 10.7. The van der Waals surface area contributed by atoms with Gasteiger partial charge in [0.15, 0.2) is 0 Å². The van der Waals surface area contributed by atoms with Gasteiger partial charge < -0.3 is 10.3 Å². The van der Waals surface area contributed by atoms with Crippen molar-refractivity contribution in [2.45, 2.75) is 49.0 Å². The fraction of sp³-hybridized carbons (Fsp3) is 0.579. The minimum absolute atomic E-state index is 0. The Kier molecular flexibility index (Phi) is 14.2. The van der Waals surface area contributed by atoms with Gasteiger partial charge in [-0.2, -0.15) is 10.5 Å². The van der Waals surface area contributed by atoms with E-state index in [4.69, 9.17) is 10.5 Å². The molecule has 0 aliphatic heterocycles. The van der Waals surface area contributed by atoms with Crippen molar-refractivity contribution in [1.82, 2.24) is 4.57 Å². The van der Waals surface area contributed by atoms with Crippen LogP contribution in [0, 0.1) is 55.3 Å². The summed E-state index contributed by atoms with van der Waals surface area (Å²) >= 11 is 0. The van der Waals surface area contributed by atoms with E-state index in [1.807, 2.05) is 38.5 Å². The van der Waals surface area contributed by atoms with Gasteiger partial charge in [0.25, 0.3) is 0 Å². The number of nitrogens with two attached hydrogens (primary N) is 1. The Morgan fingerprint density at radius 1 is 1.04 bits per heavy atom. The summed E-state index contributed by atoms with van der Waals surface area (Å²) in [6.45, 7) is 10.3. The molecular formula is C19H32N4O2. The number of nitrogens with zero attached hydrogens (tertiary/aromatic N) is 3. The molecule has 1 heterocycles. The summed E-state index contributed by atoms with van der Waals surface area (Å²) in [5.74, 6) is -1.60. The van der Waals surface area contributed by atoms with E-state index in [0.717, 1.165) is 16.8 Å². The highest BCUT2D eigenvalue weighted by atomic mass is 16.1. The Morgan fingerprint density at radius 3 is 1.60 bits per heavy atom. The van der Waals surface area contributed by atoms with Gasteiger partial charge in [-0.25, -0.2) is 0 Å². The van der Waals surface area contributed by atoms with E-state index in [9.17, 15) is 9.59 Å². The minimum atomic E-state index is -0.771. The molecule has 1 aromatic rings. The van der Waals surface area contributed by atoms with Crippen LogP contribution < -0.4 is 5.73 Å². The summed E-state index contributed by atoms with van der Waals surface area (Å²) in [6.07, 6.45) is 0.